The smallest absolute Gasteiger partial charge is 0.324 e. The van der Waals surface area contributed by atoms with E-state index in [1.54, 1.807) is 52.3 Å². The van der Waals surface area contributed by atoms with E-state index >= 15 is 0 Å². The molecule has 0 spiro atoms. The molecule has 1 unspecified atom stereocenters. The third-order valence-electron chi connectivity index (χ3n) is 8.71. The molecule has 0 bridgehead atoms. The molecule has 0 radical (unpaired) electrons. The second-order valence-electron chi connectivity index (χ2n) is 11.1. The maximum atomic E-state index is 14.4. The molecular formula is C30H34F3N3O3. The van der Waals surface area contributed by atoms with Gasteiger partial charge in [0.2, 0.25) is 11.8 Å². The number of ketones is 1. The molecule has 2 aromatic rings. The first-order chi connectivity index (χ1) is 18.6. The van der Waals surface area contributed by atoms with Crippen LogP contribution < -0.4 is 9.80 Å². The molecular weight excluding hydrogens is 507 g/mol. The van der Waals surface area contributed by atoms with Crippen LogP contribution >= 0.6 is 0 Å². The van der Waals surface area contributed by atoms with Crippen LogP contribution in [-0.4, -0.2) is 54.2 Å². The summed E-state index contributed by atoms with van der Waals surface area (Å²) in [4.78, 5) is 44.9. The maximum absolute atomic E-state index is 14.4. The highest BCUT2D eigenvalue weighted by atomic mass is 19.3. The van der Waals surface area contributed by atoms with E-state index in [9.17, 15) is 27.6 Å². The number of Topliss-reactive ketones (excluding diaryl/α,β-unsaturated/α-hetero) is 1. The SMILES string of the molecule is CC(=O)C1(CC(=O)N(c2ccccc2)C2CCCC(F)(F)C2)CCN(C(=O)N2CCc3c(F)cccc32)CC1. The Morgan fingerprint density at radius 2 is 1.69 bits per heavy atom. The lowest BCUT2D eigenvalue weighted by Gasteiger charge is -2.43. The Kier molecular flexibility index (Phi) is 7.44. The van der Waals surface area contributed by atoms with Crippen molar-refractivity contribution in [2.24, 2.45) is 5.41 Å². The number of hydrogen-bond donors (Lipinski definition) is 0. The summed E-state index contributed by atoms with van der Waals surface area (Å²) in [6, 6.07) is 12.6. The Morgan fingerprint density at radius 1 is 0.974 bits per heavy atom. The molecule has 0 aromatic heterocycles. The van der Waals surface area contributed by atoms with Gasteiger partial charge in [0.15, 0.2) is 0 Å². The fourth-order valence-corrected chi connectivity index (χ4v) is 6.43. The summed E-state index contributed by atoms with van der Waals surface area (Å²) < 4.78 is 42.9. The molecule has 2 heterocycles. The van der Waals surface area contributed by atoms with Gasteiger partial charge in [0.05, 0.1) is 5.69 Å². The number of anilines is 2. The van der Waals surface area contributed by atoms with Crippen molar-refractivity contribution in [3.63, 3.8) is 0 Å². The number of benzene rings is 2. The van der Waals surface area contributed by atoms with Crippen LogP contribution in [0.4, 0.5) is 29.3 Å². The van der Waals surface area contributed by atoms with E-state index in [4.69, 9.17) is 0 Å². The molecule has 9 heteroatoms. The number of urea groups is 1. The normalized spacial score (nSPS) is 21.8. The lowest BCUT2D eigenvalue weighted by atomic mass is 9.72. The number of rotatable bonds is 5. The number of alkyl halides is 2. The lowest BCUT2D eigenvalue weighted by Crippen LogP contribution is -2.53. The van der Waals surface area contributed by atoms with Gasteiger partial charge in [-0.1, -0.05) is 24.3 Å². The van der Waals surface area contributed by atoms with Gasteiger partial charge in [0.25, 0.3) is 0 Å². The van der Waals surface area contributed by atoms with Crippen LogP contribution in [0, 0.1) is 11.2 Å². The van der Waals surface area contributed by atoms with Gasteiger partial charge >= 0.3 is 6.03 Å². The minimum atomic E-state index is -2.84. The van der Waals surface area contributed by atoms with Gasteiger partial charge in [0, 0.05) is 61.6 Å². The molecule has 1 aliphatic carbocycles. The molecule has 2 aromatic carbocycles. The number of hydrogen-bond acceptors (Lipinski definition) is 3. The second kappa shape index (κ2) is 10.7. The van der Waals surface area contributed by atoms with Crippen molar-refractivity contribution in [1.82, 2.24) is 4.90 Å². The van der Waals surface area contributed by atoms with Crippen LogP contribution in [-0.2, 0) is 16.0 Å². The standard InChI is InChI=1S/C30H34F3N3O3/c1-21(37)29(14-17-34(18-15-29)28(39)35-16-12-24-25(31)10-5-11-26(24)35)20-27(38)36(22-7-3-2-4-8-22)23-9-6-13-30(32,33)19-23/h2-5,7-8,10-11,23H,6,9,12-20H2,1H3. The lowest BCUT2D eigenvalue weighted by molar-refractivity contribution is -0.135. The zero-order valence-electron chi connectivity index (χ0n) is 22.2. The Hall–Kier alpha value is -3.36. The number of fused-ring (bicyclic) bond motifs is 1. The van der Waals surface area contributed by atoms with Gasteiger partial charge in [-0.15, -0.1) is 0 Å². The van der Waals surface area contributed by atoms with Gasteiger partial charge in [-0.25, -0.2) is 18.0 Å². The number of amides is 3. The number of para-hydroxylation sites is 1. The van der Waals surface area contributed by atoms with Crippen molar-refractivity contribution < 1.29 is 27.6 Å². The minimum Gasteiger partial charge on any atom is -0.324 e. The zero-order chi connectivity index (χ0) is 27.8. The predicted octanol–water partition coefficient (Wildman–Crippen LogP) is 5.98. The van der Waals surface area contributed by atoms with E-state index in [2.05, 4.69) is 0 Å². The van der Waals surface area contributed by atoms with Gasteiger partial charge in [0.1, 0.15) is 11.6 Å². The van der Waals surface area contributed by atoms with Crippen LogP contribution in [0.5, 0.6) is 0 Å². The number of carbonyl (C=O) groups is 3. The summed E-state index contributed by atoms with van der Waals surface area (Å²) in [6.45, 7) is 2.41. The van der Waals surface area contributed by atoms with Gasteiger partial charge in [-0.2, -0.15) is 0 Å². The maximum Gasteiger partial charge on any atom is 0.324 e. The summed E-state index contributed by atoms with van der Waals surface area (Å²) in [5.41, 5.74) is 0.672. The van der Waals surface area contributed by atoms with Gasteiger partial charge < -0.3 is 9.80 Å². The van der Waals surface area contributed by atoms with E-state index in [0.717, 1.165) is 0 Å². The monoisotopic (exact) mass is 541 g/mol. The van der Waals surface area contributed by atoms with Crippen LogP contribution in [0.1, 0.15) is 57.4 Å². The Labute approximate surface area is 226 Å². The molecule has 1 saturated heterocycles. The molecule has 5 rings (SSSR count). The fraction of sp³-hybridized carbons (Fsp3) is 0.500. The number of piperidine rings is 1. The van der Waals surface area contributed by atoms with E-state index in [1.165, 1.54) is 17.9 Å². The molecule has 3 aliphatic rings. The number of likely N-dealkylation sites (tertiary alicyclic amines) is 1. The Balaban J connectivity index is 1.32. The average Bonchev–Trinajstić information content (AvgIpc) is 3.34. The van der Waals surface area contributed by atoms with Crippen LogP contribution in [0.15, 0.2) is 48.5 Å². The molecule has 6 nitrogen and oxygen atoms in total. The summed E-state index contributed by atoms with van der Waals surface area (Å²) in [5.74, 6) is -3.65. The Bertz CT molecular complexity index is 1240. The molecule has 1 atom stereocenters. The summed E-state index contributed by atoms with van der Waals surface area (Å²) in [7, 11) is 0. The average molecular weight is 542 g/mol. The van der Waals surface area contributed by atoms with Gasteiger partial charge in [-0.3, -0.25) is 14.5 Å². The zero-order valence-corrected chi connectivity index (χ0v) is 22.2. The first kappa shape index (κ1) is 27.2. The topological polar surface area (TPSA) is 60.9 Å². The molecule has 2 fully saturated rings. The van der Waals surface area contributed by atoms with Crippen molar-refractivity contribution in [3.05, 3.63) is 59.9 Å². The van der Waals surface area contributed by atoms with E-state index < -0.39 is 23.8 Å². The molecule has 3 amide bonds. The van der Waals surface area contributed by atoms with Crippen LogP contribution in [0.3, 0.4) is 0 Å². The van der Waals surface area contributed by atoms with Crippen molar-refractivity contribution in [2.75, 3.05) is 29.4 Å². The van der Waals surface area contributed by atoms with Crippen molar-refractivity contribution in [2.45, 2.75) is 70.3 Å². The highest BCUT2D eigenvalue weighted by Crippen LogP contribution is 2.41. The highest BCUT2D eigenvalue weighted by molar-refractivity contribution is 5.98. The number of halogens is 3. The largest absolute Gasteiger partial charge is 0.324 e. The van der Waals surface area contributed by atoms with Crippen LogP contribution in [0.25, 0.3) is 0 Å². The van der Waals surface area contributed by atoms with Crippen molar-refractivity contribution in [1.29, 1.82) is 0 Å². The summed E-state index contributed by atoms with van der Waals surface area (Å²) in [6.07, 6.45) is 1.16. The highest BCUT2D eigenvalue weighted by Gasteiger charge is 2.46. The fourth-order valence-electron chi connectivity index (χ4n) is 6.43. The Morgan fingerprint density at radius 3 is 2.36 bits per heavy atom. The predicted molar refractivity (Wildman–Crippen MR) is 143 cm³/mol. The third kappa shape index (κ3) is 5.40. The molecule has 39 heavy (non-hydrogen) atoms. The molecule has 2 aliphatic heterocycles. The van der Waals surface area contributed by atoms with Gasteiger partial charge in [-0.05, 0) is 63.3 Å². The van der Waals surface area contributed by atoms with Crippen LogP contribution in [0.2, 0.25) is 0 Å². The van der Waals surface area contributed by atoms with Crippen molar-refractivity contribution >= 4 is 29.1 Å². The third-order valence-corrected chi connectivity index (χ3v) is 8.71. The molecule has 0 N–H and O–H groups in total. The summed E-state index contributed by atoms with van der Waals surface area (Å²) in [5, 5.41) is 0. The molecule has 1 saturated carbocycles. The van der Waals surface area contributed by atoms with Crippen molar-refractivity contribution in [3.8, 4) is 0 Å². The van der Waals surface area contributed by atoms with E-state index in [0.29, 0.717) is 55.6 Å². The quantitative estimate of drug-likeness (QED) is 0.468. The summed E-state index contributed by atoms with van der Waals surface area (Å²) >= 11 is 0. The number of nitrogens with zero attached hydrogens (tertiary/aromatic N) is 3. The first-order valence-electron chi connectivity index (χ1n) is 13.7. The minimum absolute atomic E-state index is 0.0981. The number of carbonyl (C=O) groups excluding carboxylic acids is 3. The van der Waals surface area contributed by atoms with E-state index in [1.807, 2.05) is 0 Å². The van der Waals surface area contributed by atoms with E-state index in [-0.39, 0.29) is 49.5 Å². The molecule has 208 valence electrons. The second-order valence-corrected chi connectivity index (χ2v) is 11.1. The first-order valence-corrected chi connectivity index (χ1v) is 13.7.